The molecule has 4 rings (SSSR count). The van der Waals surface area contributed by atoms with Gasteiger partial charge in [-0.25, -0.2) is 0 Å². The summed E-state index contributed by atoms with van der Waals surface area (Å²) in [6, 6.07) is 0. The number of amides is 1. The van der Waals surface area contributed by atoms with Crippen LogP contribution in [0.3, 0.4) is 0 Å². The predicted molar refractivity (Wildman–Crippen MR) is 92.3 cm³/mol. The van der Waals surface area contributed by atoms with Crippen molar-refractivity contribution in [2.24, 2.45) is 5.92 Å². The van der Waals surface area contributed by atoms with E-state index >= 15 is 0 Å². The first kappa shape index (κ1) is 16.1. The number of carbonyl (C=O) groups is 1. The number of rotatable bonds is 3. The Bertz CT molecular complexity index is 594. The highest BCUT2D eigenvalue weighted by molar-refractivity contribution is 5.91. The molecule has 0 spiro atoms. The van der Waals surface area contributed by atoms with Crippen LogP contribution in [0.4, 0.5) is 0 Å². The van der Waals surface area contributed by atoms with Crippen molar-refractivity contribution in [1.82, 2.24) is 4.90 Å². The van der Waals surface area contributed by atoms with Gasteiger partial charge in [-0.2, -0.15) is 0 Å². The van der Waals surface area contributed by atoms with Gasteiger partial charge in [0.2, 0.25) is 5.91 Å². The summed E-state index contributed by atoms with van der Waals surface area (Å²) in [5.41, 5.74) is 2.46. The van der Waals surface area contributed by atoms with Crippen LogP contribution in [0, 0.1) is 5.92 Å². The third-order valence-corrected chi connectivity index (χ3v) is 6.07. The van der Waals surface area contributed by atoms with Crippen LogP contribution in [0.25, 0.3) is 0 Å². The maximum atomic E-state index is 12.6. The lowest BCUT2D eigenvalue weighted by Crippen LogP contribution is -2.56. The SMILES string of the molecule is C[C@]12CC(C3CCCCC3)=CC=C1C=CC(=O)N2CC1OCCO1. The molecule has 0 unspecified atom stereocenters. The molecule has 4 aliphatic rings. The summed E-state index contributed by atoms with van der Waals surface area (Å²) in [7, 11) is 0. The fraction of sp³-hybridized carbons (Fsp3) is 0.650. The first-order valence-corrected chi connectivity index (χ1v) is 9.31. The highest BCUT2D eigenvalue weighted by atomic mass is 16.7. The van der Waals surface area contributed by atoms with E-state index < -0.39 is 0 Å². The lowest BCUT2D eigenvalue weighted by atomic mass is 9.72. The van der Waals surface area contributed by atoms with Crippen LogP contribution in [-0.4, -0.2) is 42.4 Å². The number of nitrogens with zero attached hydrogens (tertiary/aromatic N) is 1. The molecular weight excluding hydrogens is 302 g/mol. The first-order chi connectivity index (χ1) is 11.7. The van der Waals surface area contributed by atoms with E-state index in [2.05, 4.69) is 19.1 Å². The molecule has 2 aliphatic heterocycles. The summed E-state index contributed by atoms with van der Waals surface area (Å²) in [5, 5.41) is 0. The Hall–Kier alpha value is -1.39. The summed E-state index contributed by atoms with van der Waals surface area (Å²) in [6.45, 7) is 3.95. The number of hydrogen-bond acceptors (Lipinski definition) is 3. The maximum Gasteiger partial charge on any atom is 0.247 e. The monoisotopic (exact) mass is 329 g/mol. The van der Waals surface area contributed by atoms with Crippen molar-refractivity contribution in [3.63, 3.8) is 0 Å². The van der Waals surface area contributed by atoms with Gasteiger partial charge >= 0.3 is 0 Å². The van der Waals surface area contributed by atoms with Crippen molar-refractivity contribution in [2.75, 3.05) is 19.8 Å². The van der Waals surface area contributed by atoms with Gasteiger partial charge in [-0.1, -0.05) is 43.1 Å². The van der Waals surface area contributed by atoms with Crippen molar-refractivity contribution in [3.8, 4) is 0 Å². The molecule has 2 heterocycles. The van der Waals surface area contributed by atoms with Crippen LogP contribution in [0.15, 0.2) is 35.5 Å². The van der Waals surface area contributed by atoms with E-state index in [1.165, 1.54) is 43.3 Å². The Morgan fingerprint density at radius 3 is 2.62 bits per heavy atom. The molecule has 1 atom stereocenters. The first-order valence-electron chi connectivity index (χ1n) is 9.31. The zero-order valence-electron chi connectivity index (χ0n) is 14.5. The molecule has 24 heavy (non-hydrogen) atoms. The lowest BCUT2D eigenvalue weighted by Gasteiger charge is -2.47. The topological polar surface area (TPSA) is 38.8 Å². The summed E-state index contributed by atoms with van der Waals surface area (Å²) in [6.07, 6.45) is 15.5. The van der Waals surface area contributed by atoms with E-state index in [1.54, 1.807) is 6.08 Å². The zero-order valence-corrected chi connectivity index (χ0v) is 14.5. The molecular formula is C20H27NO3. The smallest absolute Gasteiger partial charge is 0.247 e. The largest absolute Gasteiger partial charge is 0.348 e. The normalized spacial score (nSPS) is 31.9. The number of carbonyl (C=O) groups excluding carboxylic acids is 1. The fourth-order valence-corrected chi connectivity index (χ4v) is 4.62. The Balaban J connectivity index is 1.58. The van der Waals surface area contributed by atoms with Crippen LogP contribution in [0.1, 0.15) is 45.4 Å². The molecule has 4 nitrogen and oxygen atoms in total. The van der Waals surface area contributed by atoms with Crippen LogP contribution in [-0.2, 0) is 14.3 Å². The van der Waals surface area contributed by atoms with Crippen LogP contribution < -0.4 is 0 Å². The second-order valence-electron chi connectivity index (χ2n) is 7.60. The van der Waals surface area contributed by atoms with Crippen LogP contribution in [0.5, 0.6) is 0 Å². The molecule has 1 amide bonds. The van der Waals surface area contributed by atoms with Gasteiger partial charge in [0.15, 0.2) is 6.29 Å². The summed E-state index contributed by atoms with van der Waals surface area (Å²) < 4.78 is 11.2. The Morgan fingerprint density at radius 1 is 1.12 bits per heavy atom. The van der Waals surface area contributed by atoms with Crippen molar-refractivity contribution in [2.45, 2.75) is 57.3 Å². The average molecular weight is 329 g/mol. The third kappa shape index (κ3) is 2.86. The Labute approximate surface area is 144 Å². The molecule has 4 heteroatoms. The molecule has 130 valence electrons. The second kappa shape index (κ2) is 6.49. The summed E-state index contributed by atoms with van der Waals surface area (Å²) >= 11 is 0. The zero-order chi connectivity index (χ0) is 16.6. The molecule has 0 aromatic heterocycles. The van der Waals surface area contributed by atoms with Gasteiger partial charge < -0.3 is 14.4 Å². The highest BCUT2D eigenvalue weighted by Crippen LogP contribution is 2.43. The van der Waals surface area contributed by atoms with E-state index in [0.29, 0.717) is 25.7 Å². The number of hydrogen-bond donors (Lipinski definition) is 0. The van der Waals surface area contributed by atoms with Gasteiger partial charge in [-0.05, 0) is 37.7 Å². The van der Waals surface area contributed by atoms with E-state index in [1.807, 2.05) is 11.0 Å². The fourth-order valence-electron chi connectivity index (χ4n) is 4.62. The van der Waals surface area contributed by atoms with E-state index in [0.717, 1.165) is 6.42 Å². The maximum absolute atomic E-state index is 12.6. The average Bonchev–Trinajstić information content (AvgIpc) is 3.11. The molecule has 1 saturated carbocycles. The van der Waals surface area contributed by atoms with Gasteiger partial charge in [0, 0.05) is 6.08 Å². The predicted octanol–water partition coefficient (Wildman–Crippen LogP) is 3.35. The molecule has 2 aliphatic carbocycles. The van der Waals surface area contributed by atoms with Gasteiger partial charge in [0.1, 0.15) is 0 Å². The Kier molecular flexibility index (Phi) is 4.35. The molecule has 0 N–H and O–H groups in total. The van der Waals surface area contributed by atoms with Gasteiger partial charge in [-0.3, -0.25) is 4.79 Å². The molecule has 0 bridgehead atoms. The highest BCUT2D eigenvalue weighted by Gasteiger charge is 2.43. The van der Waals surface area contributed by atoms with Crippen molar-refractivity contribution >= 4 is 5.91 Å². The minimum Gasteiger partial charge on any atom is -0.348 e. The van der Waals surface area contributed by atoms with E-state index in [-0.39, 0.29) is 17.7 Å². The standard InChI is InChI=1S/C20H27NO3/c1-20-13-16(15-5-3-2-4-6-15)7-8-17(20)9-10-18(22)21(20)14-19-23-11-12-24-19/h7-10,15,19H,2-6,11-14H2,1H3/t20-/m0/s1. The van der Waals surface area contributed by atoms with Crippen molar-refractivity contribution in [3.05, 3.63) is 35.5 Å². The second-order valence-corrected chi connectivity index (χ2v) is 7.60. The molecule has 0 aromatic carbocycles. The molecule has 0 aromatic rings. The molecule has 0 radical (unpaired) electrons. The summed E-state index contributed by atoms with van der Waals surface area (Å²) in [5.74, 6) is 0.758. The van der Waals surface area contributed by atoms with E-state index in [4.69, 9.17) is 9.47 Å². The van der Waals surface area contributed by atoms with Crippen molar-refractivity contribution in [1.29, 1.82) is 0 Å². The van der Waals surface area contributed by atoms with E-state index in [9.17, 15) is 4.79 Å². The third-order valence-electron chi connectivity index (χ3n) is 6.07. The minimum atomic E-state index is -0.289. The van der Waals surface area contributed by atoms with Gasteiger partial charge in [0.05, 0.1) is 25.3 Å². The van der Waals surface area contributed by atoms with Gasteiger partial charge in [0.25, 0.3) is 0 Å². The lowest BCUT2D eigenvalue weighted by molar-refractivity contribution is -0.139. The molecule has 1 saturated heterocycles. The van der Waals surface area contributed by atoms with Gasteiger partial charge in [-0.15, -0.1) is 0 Å². The van der Waals surface area contributed by atoms with Crippen LogP contribution >= 0.6 is 0 Å². The number of ether oxygens (including phenoxy) is 2. The summed E-state index contributed by atoms with van der Waals surface area (Å²) in [4.78, 5) is 14.6. The quantitative estimate of drug-likeness (QED) is 0.797. The Morgan fingerprint density at radius 2 is 1.88 bits per heavy atom. The van der Waals surface area contributed by atoms with Crippen molar-refractivity contribution < 1.29 is 14.3 Å². The number of allylic oxidation sites excluding steroid dienone is 2. The number of fused-ring (bicyclic) bond motifs is 1. The minimum absolute atomic E-state index is 0.0682. The molecule has 2 fully saturated rings. The van der Waals surface area contributed by atoms with Crippen LogP contribution in [0.2, 0.25) is 0 Å².